The molecule has 2 rings (SSSR count). The second kappa shape index (κ2) is 10.2. The van der Waals surface area contributed by atoms with E-state index in [1.165, 1.54) is 37.9 Å². The zero-order chi connectivity index (χ0) is 17.2. The summed E-state index contributed by atoms with van der Waals surface area (Å²) in [6, 6.07) is 8.67. The molecule has 1 fully saturated rings. The zero-order valence-corrected chi connectivity index (χ0v) is 15.3. The minimum absolute atomic E-state index is 0.595. The first kappa shape index (κ1) is 18.6. The molecule has 0 radical (unpaired) electrons. The molecule has 0 spiro atoms. The minimum Gasteiger partial charge on any atom is -0.497 e. The lowest BCUT2D eigenvalue weighted by Crippen LogP contribution is -2.46. The van der Waals surface area contributed by atoms with Crippen LogP contribution in [0.3, 0.4) is 0 Å². The highest BCUT2D eigenvalue weighted by Gasteiger charge is 2.20. The van der Waals surface area contributed by atoms with Crippen LogP contribution in [0.1, 0.15) is 38.7 Å². The van der Waals surface area contributed by atoms with E-state index in [2.05, 4.69) is 41.5 Å². The van der Waals surface area contributed by atoms with Crippen LogP contribution in [0.2, 0.25) is 0 Å². The van der Waals surface area contributed by atoms with Gasteiger partial charge in [-0.3, -0.25) is 4.90 Å². The first-order chi connectivity index (χ1) is 11.8. The van der Waals surface area contributed by atoms with E-state index < -0.39 is 0 Å². The van der Waals surface area contributed by atoms with Gasteiger partial charge in [-0.25, -0.2) is 4.99 Å². The SMILES string of the molecule is CCNC(=NCc1ccc(OC)cc1)NCC(CC)N1CCCC1. The Morgan fingerprint density at radius 1 is 1.17 bits per heavy atom. The van der Waals surface area contributed by atoms with Gasteiger partial charge >= 0.3 is 0 Å². The van der Waals surface area contributed by atoms with E-state index in [4.69, 9.17) is 9.73 Å². The van der Waals surface area contributed by atoms with Gasteiger partial charge in [0.25, 0.3) is 0 Å². The van der Waals surface area contributed by atoms with Gasteiger partial charge in [0.05, 0.1) is 13.7 Å². The summed E-state index contributed by atoms with van der Waals surface area (Å²) in [7, 11) is 1.69. The number of likely N-dealkylation sites (tertiary alicyclic amines) is 1. The van der Waals surface area contributed by atoms with Crippen molar-refractivity contribution in [3.05, 3.63) is 29.8 Å². The number of rotatable bonds is 8. The molecule has 5 heteroatoms. The van der Waals surface area contributed by atoms with E-state index in [9.17, 15) is 0 Å². The Morgan fingerprint density at radius 2 is 1.88 bits per heavy atom. The number of hydrogen-bond donors (Lipinski definition) is 2. The molecule has 1 atom stereocenters. The van der Waals surface area contributed by atoms with Gasteiger partial charge in [-0.1, -0.05) is 19.1 Å². The van der Waals surface area contributed by atoms with Crippen molar-refractivity contribution >= 4 is 5.96 Å². The van der Waals surface area contributed by atoms with Gasteiger partial charge < -0.3 is 15.4 Å². The summed E-state index contributed by atoms with van der Waals surface area (Å²) in [6.07, 6.45) is 3.84. The molecule has 1 aromatic rings. The van der Waals surface area contributed by atoms with E-state index >= 15 is 0 Å². The normalized spacial score (nSPS) is 16.9. The van der Waals surface area contributed by atoms with Gasteiger partial charge in [0.15, 0.2) is 5.96 Å². The molecule has 1 unspecified atom stereocenters. The summed E-state index contributed by atoms with van der Waals surface area (Å²) in [5, 5.41) is 6.86. The number of hydrogen-bond acceptors (Lipinski definition) is 3. The lowest BCUT2D eigenvalue weighted by molar-refractivity contribution is 0.236. The topological polar surface area (TPSA) is 48.9 Å². The van der Waals surface area contributed by atoms with Crippen LogP contribution < -0.4 is 15.4 Å². The predicted octanol–water partition coefficient (Wildman–Crippen LogP) is 2.62. The Bertz CT molecular complexity index is 495. The molecule has 2 N–H and O–H groups in total. The Morgan fingerprint density at radius 3 is 2.46 bits per heavy atom. The fourth-order valence-corrected chi connectivity index (χ4v) is 3.10. The van der Waals surface area contributed by atoms with Crippen molar-refractivity contribution in [1.29, 1.82) is 0 Å². The number of benzene rings is 1. The summed E-state index contributed by atoms with van der Waals surface area (Å²) >= 11 is 0. The molecule has 5 nitrogen and oxygen atoms in total. The van der Waals surface area contributed by atoms with E-state index in [-0.39, 0.29) is 0 Å². The fraction of sp³-hybridized carbons (Fsp3) is 0.632. The van der Waals surface area contributed by atoms with E-state index in [1.807, 2.05) is 12.1 Å². The quantitative estimate of drug-likeness (QED) is 0.567. The molecule has 134 valence electrons. The molecule has 1 heterocycles. The highest BCUT2D eigenvalue weighted by atomic mass is 16.5. The predicted molar refractivity (Wildman–Crippen MR) is 101 cm³/mol. The molecular formula is C19H32N4O. The van der Waals surface area contributed by atoms with Crippen LogP contribution >= 0.6 is 0 Å². The van der Waals surface area contributed by atoms with Crippen LogP contribution in [0.5, 0.6) is 5.75 Å². The lowest BCUT2D eigenvalue weighted by Gasteiger charge is -2.27. The molecule has 1 aliphatic rings. The van der Waals surface area contributed by atoms with E-state index in [1.54, 1.807) is 7.11 Å². The van der Waals surface area contributed by atoms with Crippen molar-refractivity contribution in [3.8, 4) is 5.75 Å². The van der Waals surface area contributed by atoms with Gasteiger partial charge in [-0.15, -0.1) is 0 Å². The van der Waals surface area contributed by atoms with Gasteiger partial charge in [-0.05, 0) is 57.0 Å². The number of nitrogens with zero attached hydrogens (tertiary/aromatic N) is 2. The fourth-order valence-electron chi connectivity index (χ4n) is 3.10. The Labute approximate surface area is 146 Å². The molecule has 24 heavy (non-hydrogen) atoms. The van der Waals surface area contributed by atoms with Crippen molar-refractivity contribution in [1.82, 2.24) is 15.5 Å². The minimum atomic E-state index is 0.595. The number of ether oxygens (including phenoxy) is 1. The van der Waals surface area contributed by atoms with Crippen molar-refractivity contribution in [2.24, 2.45) is 4.99 Å². The first-order valence-corrected chi connectivity index (χ1v) is 9.16. The maximum atomic E-state index is 5.19. The van der Waals surface area contributed by atoms with Crippen molar-refractivity contribution in [2.45, 2.75) is 45.7 Å². The number of aliphatic imine (C=N–C) groups is 1. The van der Waals surface area contributed by atoms with Gasteiger partial charge in [-0.2, -0.15) is 0 Å². The summed E-state index contributed by atoms with van der Waals surface area (Å²) in [5.74, 6) is 1.77. The molecule has 0 aromatic heterocycles. The molecule has 0 bridgehead atoms. The Hall–Kier alpha value is -1.75. The third kappa shape index (κ3) is 5.71. The molecule has 1 saturated heterocycles. The summed E-state index contributed by atoms with van der Waals surface area (Å²) in [5.41, 5.74) is 1.18. The average molecular weight is 332 g/mol. The number of guanidine groups is 1. The zero-order valence-electron chi connectivity index (χ0n) is 15.3. The second-order valence-electron chi connectivity index (χ2n) is 6.23. The average Bonchev–Trinajstić information content (AvgIpc) is 3.15. The van der Waals surface area contributed by atoms with Crippen molar-refractivity contribution in [2.75, 3.05) is 33.3 Å². The number of methoxy groups -OCH3 is 1. The van der Waals surface area contributed by atoms with Crippen LogP contribution in [0, 0.1) is 0 Å². The Kier molecular flexibility index (Phi) is 7.89. The van der Waals surface area contributed by atoms with Crippen LogP contribution in [0.15, 0.2) is 29.3 Å². The van der Waals surface area contributed by atoms with E-state index in [0.29, 0.717) is 12.6 Å². The summed E-state index contributed by atoms with van der Waals surface area (Å²) in [4.78, 5) is 7.30. The molecule has 0 amide bonds. The summed E-state index contributed by atoms with van der Waals surface area (Å²) in [6.45, 7) is 9.33. The van der Waals surface area contributed by atoms with Crippen LogP contribution in [-0.4, -0.2) is 50.2 Å². The van der Waals surface area contributed by atoms with E-state index in [0.717, 1.165) is 24.8 Å². The third-order valence-corrected chi connectivity index (χ3v) is 4.56. The van der Waals surface area contributed by atoms with Gasteiger partial charge in [0.1, 0.15) is 5.75 Å². The highest BCUT2D eigenvalue weighted by molar-refractivity contribution is 5.79. The second-order valence-corrected chi connectivity index (χ2v) is 6.23. The standard InChI is InChI=1S/C19H32N4O/c1-4-17(23-12-6-7-13-23)15-22-19(20-5-2)21-14-16-8-10-18(24-3)11-9-16/h8-11,17H,4-7,12-15H2,1-3H3,(H2,20,21,22). The molecule has 1 aromatic carbocycles. The van der Waals surface area contributed by atoms with Crippen LogP contribution in [0.4, 0.5) is 0 Å². The monoisotopic (exact) mass is 332 g/mol. The summed E-state index contributed by atoms with van der Waals surface area (Å²) < 4.78 is 5.19. The smallest absolute Gasteiger partial charge is 0.191 e. The van der Waals surface area contributed by atoms with Crippen molar-refractivity contribution in [3.63, 3.8) is 0 Å². The third-order valence-electron chi connectivity index (χ3n) is 4.56. The highest BCUT2D eigenvalue weighted by Crippen LogP contribution is 2.14. The lowest BCUT2D eigenvalue weighted by atomic mass is 10.2. The maximum Gasteiger partial charge on any atom is 0.191 e. The molecule has 1 aliphatic heterocycles. The van der Waals surface area contributed by atoms with Gasteiger partial charge in [0.2, 0.25) is 0 Å². The maximum absolute atomic E-state index is 5.19. The van der Waals surface area contributed by atoms with Crippen LogP contribution in [0.25, 0.3) is 0 Å². The molecule has 0 aliphatic carbocycles. The number of nitrogens with one attached hydrogen (secondary N) is 2. The first-order valence-electron chi connectivity index (χ1n) is 9.16. The Balaban J connectivity index is 1.89. The van der Waals surface area contributed by atoms with Crippen molar-refractivity contribution < 1.29 is 4.74 Å². The molecular weight excluding hydrogens is 300 g/mol. The largest absolute Gasteiger partial charge is 0.497 e. The molecule has 0 saturated carbocycles. The van der Waals surface area contributed by atoms with Crippen LogP contribution in [-0.2, 0) is 6.54 Å². The van der Waals surface area contributed by atoms with Gasteiger partial charge in [0, 0.05) is 19.1 Å².